The summed E-state index contributed by atoms with van der Waals surface area (Å²) in [5, 5.41) is 0. The molecule has 5 nitrogen and oxygen atoms in total. The molecule has 0 saturated carbocycles. The number of amides is 2. The lowest BCUT2D eigenvalue weighted by Crippen LogP contribution is -2.42. The molecule has 2 saturated heterocycles. The van der Waals surface area contributed by atoms with Gasteiger partial charge in [-0.25, -0.2) is 4.79 Å². The number of carbonyl (C=O) groups is 3. The van der Waals surface area contributed by atoms with E-state index in [1.54, 1.807) is 13.8 Å². The third kappa shape index (κ3) is 1.62. The van der Waals surface area contributed by atoms with Crippen molar-refractivity contribution in [3.8, 4) is 0 Å². The second-order valence-electron chi connectivity index (χ2n) is 4.56. The fraction of sp³-hybridized carbons (Fsp3) is 0.700. The molecule has 82 valence electrons. The summed E-state index contributed by atoms with van der Waals surface area (Å²) < 4.78 is 5.09. The van der Waals surface area contributed by atoms with Crippen LogP contribution in [-0.2, 0) is 19.1 Å². The molecule has 5 heteroatoms. The first kappa shape index (κ1) is 10.1. The number of imide groups is 1. The lowest BCUT2D eigenvalue weighted by molar-refractivity contribution is -0.155. The summed E-state index contributed by atoms with van der Waals surface area (Å²) in [6.07, 6.45) is 0.815. The Labute approximate surface area is 87.4 Å². The summed E-state index contributed by atoms with van der Waals surface area (Å²) in [5.41, 5.74) is -0.578. The molecule has 1 atom stereocenters. The number of hydrogen-bond donors (Lipinski definition) is 0. The monoisotopic (exact) mass is 211 g/mol. The molecule has 2 aliphatic heterocycles. The lowest BCUT2D eigenvalue weighted by atomic mass is 10.0. The third-order valence-corrected chi connectivity index (χ3v) is 2.74. The maximum absolute atomic E-state index is 11.5. The minimum atomic E-state index is -0.706. The van der Waals surface area contributed by atoms with Crippen LogP contribution in [0.2, 0.25) is 0 Å². The molecule has 0 aromatic rings. The zero-order chi connectivity index (χ0) is 11.2. The number of rotatable bonds is 1. The zero-order valence-corrected chi connectivity index (χ0v) is 8.78. The number of cyclic esters (lactones) is 1. The van der Waals surface area contributed by atoms with Crippen LogP contribution >= 0.6 is 0 Å². The molecule has 2 amide bonds. The molecule has 0 spiro atoms. The topological polar surface area (TPSA) is 63.7 Å². The number of carbonyl (C=O) groups excluding carboxylic acids is 3. The molecule has 1 unspecified atom stereocenters. The Morgan fingerprint density at radius 1 is 1.20 bits per heavy atom. The fourth-order valence-corrected chi connectivity index (χ4v) is 2.07. The van der Waals surface area contributed by atoms with Crippen LogP contribution in [0.1, 0.15) is 33.1 Å². The van der Waals surface area contributed by atoms with Crippen molar-refractivity contribution in [1.29, 1.82) is 0 Å². The van der Waals surface area contributed by atoms with Gasteiger partial charge in [0.2, 0.25) is 11.8 Å². The molecule has 0 bridgehead atoms. The molecule has 2 aliphatic rings. The fourth-order valence-electron chi connectivity index (χ4n) is 2.07. The molecule has 0 aromatic carbocycles. The van der Waals surface area contributed by atoms with Crippen LogP contribution in [-0.4, -0.2) is 34.3 Å². The van der Waals surface area contributed by atoms with Gasteiger partial charge in [0, 0.05) is 19.3 Å². The molecular formula is C10H13NO4. The summed E-state index contributed by atoms with van der Waals surface area (Å²) in [7, 11) is 0. The Morgan fingerprint density at radius 3 is 2.13 bits per heavy atom. The van der Waals surface area contributed by atoms with Crippen molar-refractivity contribution in [2.24, 2.45) is 0 Å². The van der Waals surface area contributed by atoms with Gasteiger partial charge in [0.05, 0.1) is 0 Å². The van der Waals surface area contributed by atoms with Crippen molar-refractivity contribution in [3.05, 3.63) is 0 Å². The highest BCUT2D eigenvalue weighted by Crippen LogP contribution is 2.31. The molecule has 2 rings (SSSR count). The molecule has 2 fully saturated rings. The van der Waals surface area contributed by atoms with E-state index in [4.69, 9.17) is 4.74 Å². The van der Waals surface area contributed by atoms with Crippen molar-refractivity contribution in [3.63, 3.8) is 0 Å². The van der Waals surface area contributed by atoms with E-state index in [0.717, 1.165) is 4.90 Å². The van der Waals surface area contributed by atoms with E-state index in [1.807, 2.05) is 0 Å². The lowest BCUT2D eigenvalue weighted by Gasteiger charge is -2.19. The summed E-state index contributed by atoms with van der Waals surface area (Å²) in [6.45, 7) is 3.55. The number of ether oxygens (including phenoxy) is 1. The third-order valence-electron chi connectivity index (χ3n) is 2.74. The molecule has 0 N–H and O–H groups in total. The number of likely N-dealkylation sites (tertiary alicyclic amines) is 1. The normalized spacial score (nSPS) is 29.9. The first-order chi connectivity index (χ1) is 6.91. The Kier molecular flexibility index (Phi) is 2.06. The van der Waals surface area contributed by atoms with E-state index >= 15 is 0 Å². The SMILES string of the molecule is CC1(C)CC(N2C(=O)CCC2=O)C(=O)O1. The highest BCUT2D eigenvalue weighted by molar-refractivity contribution is 6.05. The molecule has 2 heterocycles. The van der Waals surface area contributed by atoms with Gasteiger partial charge >= 0.3 is 5.97 Å². The van der Waals surface area contributed by atoms with E-state index < -0.39 is 17.6 Å². The van der Waals surface area contributed by atoms with Gasteiger partial charge < -0.3 is 4.74 Å². The van der Waals surface area contributed by atoms with Crippen molar-refractivity contribution in [2.45, 2.75) is 44.8 Å². The van der Waals surface area contributed by atoms with Crippen molar-refractivity contribution in [2.75, 3.05) is 0 Å². The van der Waals surface area contributed by atoms with Crippen LogP contribution in [0.3, 0.4) is 0 Å². The van der Waals surface area contributed by atoms with E-state index in [2.05, 4.69) is 0 Å². The van der Waals surface area contributed by atoms with Gasteiger partial charge in [0.25, 0.3) is 0 Å². The summed E-state index contributed by atoms with van der Waals surface area (Å²) in [4.78, 5) is 35.4. The molecule has 0 aliphatic carbocycles. The van der Waals surface area contributed by atoms with Gasteiger partial charge in [-0.1, -0.05) is 0 Å². The summed E-state index contributed by atoms with van der Waals surface area (Å²) in [5.74, 6) is -0.997. The van der Waals surface area contributed by atoms with Crippen LogP contribution in [0.15, 0.2) is 0 Å². The first-order valence-electron chi connectivity index (χ1n) is 4.98. The van der Waals surface area contributed by atoms with E-state index in [0.29, 0.717) is 6.42 Å². The Hall–Kier alpha value is -1.39. The highest BCUT2D eigenvalue weighted by atomic mass is 16.6. The van der Waals surface area contributed by atoms with Crippen LogP contribution < -0.4 is 0 Å². The summed E-state index contributed by atoms with van der Waals surface area (Å²) in [6, 6.07) is -0.706. The van der Waals surface area contributed by atoms with Crippen molar-refractivity contribution >= 4 is 17.8 Å². The van der Waals surface area contributed by atoms with Gasteiger partial charge in [0.15, 0.2) is 0 Å². The Balaban J connectivity index is 2.21. The van der Waals surface area contributed by atoms with Crippen LogP contribution in [0.25, 0.3) is 0 Å². The highest BCUT2D eigenvalue weighted by Gasteiger charge is 2.48. The van der Waals surface area contributed by atoms with E-state index in [1.165, 1.54) is 0 Å². The average Bonchev–Trinajstić information content (AvgIpc) is 2.53. The summed E-state index contributed by atoms with van der Waals surface area (Å²) >= 11 is 0. The minimum Gasteiger partial charge on any atom is -0.458 e. The average molecular weight is 211 g/mol. The van der Waals surface area contributed by atoms with Crippen LogP contribution in [0, 0.1) is 0 Å². The standard InChI is InChI=1S/C10H13NO4/c1-10(2)5-6(9(14)15-10)11-7(12)3-4-8(11)13/h6H,3-5H2,1-2H3. The minimum absolute atomic E-state index is 0.211. The second-order valence-corrected chi connectivity index (χ2v) is 4.56. The van der Waals surface area contributed by atoms with Crippen molar-refractivity contribution < 1.29 is 19.1 Å². The molecule has 15 heavy (non-hydrogen) atoms. The van der Waals surface area contributed by atoms with E-state index in [9.17, 15) is 14.4 Å². The molecule has 0 aromatic heterocycles. The zero-order valence-electron chi connectivity index (χ0n) is 8.78. The second kappa shape index (κ2) is 3.05. The first-order valence-corrected chi connectivity index (χ1v) is 4.98. The van der Waals surface area contributed by atoms with Gasteiger partial charge in [-0.15, -0.1) is 0 Å². The van der Waals surface area contributed by atoms with Crippen LogP contribution in [0.4, 0.5) is 0 Å². The van der Waals surface area contributed by atoms with Crippen LogP contribution in [0.5, 0.6) is 0 Å². The number of hydrogen-bond acceptors (Lipinski definition) is 4. The Morgan fingerprint density at radius 2 is 1.73 bits per heavy atom. The maximum atomic E-state index is 11.5. The Bertz CT molecular complexity index is 331. The largest absolute Gasteiger partial charge is 0.458 e. The number of esters is 1. The quantitative estimate of drug-likeness (QED) is 0.460. The van der Waals surface area contributed by atoms with Gasteiger partial charge in [-0.05, 0) is 13.8 Å². The number of nitrogens with zero attached hydrogens (tertiary/aromatic N) is 1. The predicted octanol–water partition coefficient (Wildman–Crippen LogP) is 0.229. The smallest absolute Gasteiger partial charge is 0.330 e. The molecule has 0 radical (unpaired) electrons. The molecular weight excluding hydrogens is 198 g/mol. The predicted molar refractivity (Wildman–Crippen MR) is 49.7 cm³/mol. The van der Waals surface area contributed by atoms with Crippen molar-refractivity contribution in [1.82, 2.24) is 4.90 Å². The van der Waals surface area contributed by atoms with Gasteiger partial charge in [0.1, 0.15) is 11.6 Å². The maximum Gasteiger partial charge on any atom is 0.330 e. The van der Waals surface area contributed by atoms with Gasteiger partial charge in [-0.3, -0.25) is 14.5 Å². The van der Waals surface area contributed by atoms with E-state index in [-0.39, 0.29) is 24.7 Å². The van der Waals surface area contributed by atoms with Gasteiger partial charge in [-0.2, -0.15) is 0 Å².